The average Bonchev–Trinajstić information content (AvgIpc) is 2.63. The smallest absolute Gasteiger partial charge is 0.217 e. The van der Waals surface area contributed by atoms with Gasteiger partial charge in [0, 0.05) is 45.7 Å². The molecule has 1 heterocycles. The highest BCUT2D eigenvalue weighted by Gasteiger charge is 2.20. The topological polar surface area (TPSA) is 35.6 Å². The van der Waals surface area contributed by atoms with Crippen molar-refractivity contribution in [2.24, 2.45) is 0 Å². The number of nitrogens with one attached hydrogen (secondary N) is 1. The normalized spacial score (nSPS) is 16.2. The number of carbonyl (C=O) groups excluding carboxylic acids is 1. The van der Waals surface area contributed by atoms with E-state index in [0.717, 1.165) is 31.3 Å². The third-order valence-corrected chi connectivity index (χ3v) is 4.93. The second-order valence-electron chi connectivity index (χ2n) is 7.02. The Morgan fingerprint density at radius 2 is 1.74 bits per heavy atom. The lowest BCUT2D eigenvalue weighted by Crippen LogP contribution is -2.46. The van der Waals surface area contributed by atoms with Crippen LogP contribution in [0, 0.1) is 11.6 Å². The Balaban J connectivity index is 1.54. The van der Waals surface area contributed by atoms with Gasteiger partial charge in [0.1, 0.15) is 11.6 Å². The molecule has 144 valence electrons. The van der Waals surface area contributed by atoms with Crippen molar-refractivity contribution in [1.29, 1.82) is 0 Å². The van der Waals surface area contributed by atoms with Crippen molar-refractivity contribution < 1.29 is 13.6 Å². The van der Waals surface area contributed by atoms with Gasteiger partial charge >= 0.3 is 0 Å². The number of amides is 1. The van der Waals surface area contributed by atoms with Crippen molar-refractivity contribution in [2.45, 2.75) is 26.4 Å². The molecule has 4 nitrogen and oxygen atoms in total. The first-order chi connectivity index (χ1) is 12.9. The maximum atomic E-state index is 13.9. The molecule has 1 fully saturated rings. The number of nitrogens with zero attached hydrogens (tertiary/aromatic N) is 2. The van der Waals surface area contributed by atoms with E-state index in [9.17, 15) is 13.6 Å². The monoisotopic (exact) mass is 373 g/mol. The van der Waals surface area contributed by atoms with E-state index < -0.39 is 11.6 Å². The number of halogens is 2. The SMILES string of the molecule is CC(=O)NC(C)c1ccc(CN2CCN(c3ccc(F)cc3F)CC2)cc1. The average molecular weight is 373 g/mol. The van der Waals surface area contributed by atoms with Crippen LogP contribution >= 0.6 is 0 Å². The molecule has 27 heavy (non-hydrogen) atoms. The first-order valence-corrected chi connectivity index (χ1v) is 9.20. The fourth-order valence-electron chi connectivity index (χ4n) is 3.44. The van der Waals surface area contributed by atoms with Crippen LogP contribution in [0.5, 0.6) is 0 Å². The van der Waals surface area contributed by atoms with Crippen LogP contribution in [-0.2, 0) is 11.3 Å². The fraction of sp³-hybridized carbons (Fsp3) is 0.381. The van der Waals surface area contributed by atoms with Gasteiger partial charge < -0.3 is 10.2 Å². The Kier molecular flexibility index (Phi) is 6.06. The molecule has 1 N–H and O–H groups in total. The molecule has 1 atom stereocenters. The molecule has 0 spiro atoms. The number of piperazine rings is 1. The minimum Gasteiger partial charge on any atom is -0.367 e. The molecule has 0 bridgehead atoms. The maximum absolute atomic E-state index is 13.9. The Labute approximate surface area is 158 Å². The van der Waals surface area contributed by atoms with Crippen molar-refractivity contribution in [3.8, 4) is 0 Å². The summed E-state index contributed by atoms with van der Waals surface area (Å²) in [5.41, 5.74) is 2.74. The molecule has 1 aliphatic rings. The zero-order valence-corrected chi connectivity index (χ0v) is 15.7. The summed E-state index contributed by atoms with van der Waals surface area (Å²) in [4.78, 5) is 15.4. The molecule has 0 radical (unpaired) electrons. The van der Waals surface area contributed by atoms with Gasteiger partial charge in [-0.3, -0.25) is 9.69 Å². The minimum absolute atomic E-state index is 0.00861. The van der Waals surface area contributed by atoms with E-state index in [4.69, 9.17) is 0 Å². The molecule has 0 aromatic heterocycles. The molecule has 1 saturated heterocycles. The maximum Gasteiger partial charge on any atom is 0.217 e. The highest BCUT2D eigenvalue weighted by molar-refractivity contribution is 5.73. The third kappa shape index (κ3) is 5.04. The van der Waals surface area contributed by atoms with Gasteiger partial charge in [-0.25, -0.2) is 8.78 Å². The number of hydrogen-bond acceptors (Lipinski definition) is 3. The summed E-state index contributed by atoms with van der Waals surface area (Å²) in [6.07, 6.45) is 0. The lowest BCUT2D eigenvalue weighted by atomic mass is 10.1. The number of anilines is 1. The molecule has 0 aliphatic carbocycles. The van der Waals surface area contributed by atoms with Crippen molar-refractivity contribution in [1.82, 2.24) is 10.2 Å². The van der Waals surface area contributed by atoms with E-state index in [1.807, 2.05) is 24.0 Å². The number of benzene rings is 2. The zero-order valence-electron chi connectivity index (χ0n) is 15.7. The van der Waals surface area contributed by atoms with Gasteiger partial charge in [0.15, 0.2) is 0 Å². The molecule has 2 aromatic rings. The Bertz CT molecular complexity index is 787. The van der Waals surface area contributed by atoms with Crippen LogP contribution < -0.4 is 10.2 Å². The summed E-state index contributed by atoms with van der Waals surface area (Å²) >= 11 is 0. The molecule has 1 unspecified atom stereocenters. The highest BCUT2D eigenvalue weighted by atomic mass is 19.1. The standard InChI is InChI=1S/C21H25F2N3O/c1-15(24-16(2)27)18-5-3-17(4-6-18)14-25-9-11-26(12-10-25)21-8-7-19(22)13-20(21)23/h3-8,13,15H,9-12,14H2,1-2H3,(H,24,27). The van der Waals surface area contributed by atoms with Crippen LogP contribution in [-0.4, -0.2) is 37.0 Å². The molecular weight excluding hydrogens is 348 g/mol. The summed E-state index contributed by atoms with van der Waals surface area (Å²) in [6, 6.07) is 12.0. The van der Waals surface area contributed by atoms with E-state index in [0.29, 0.717) is 18.8 Å². The Morgan fingerprint density at radius 3 is 2.33 bits per heavy atom. The second kappa shape index (κ2) is 8.48. The fourth-order valence-corrected chi connectivity index (χ4v) is 3.44. The first-order valence-electron chi connectivity index (χ1n) is 9.20. The van der Waals surface area contributed by atoms with Gasteiger partial charge in [-0.2, -0.15) is 0 Å². The van der Waals surface area contributed by atoms with Gasteiger partial charge in [-0.05, 0) is 30.2 Å². The van der Waals surface area contributed by atoms with Gasteiger partial charge in [-0.15, -0.1) is 0 Å². The molecule has 6 heteroatoms. The predicted molar refractivity (Wildman–Crippen MR) is 103 cm³/mol. The van der Waals surface area contributed by atoms with Crippen molar-refractivity contribution in [3.63, 3.8) is 0 Å². The number of hydrogen-bond donors (Lipinski definition) is 1. The molecule has 0 saturated carbocycles. The Hall–Kier alpha value is -2.47. The van der Waals surface area contributed by atoms with Crippen LogP contribution in [0.2, 0.25) is 0 Å². The summed E-state index contributed by atoms with van der Waals surface area (Å²) in [5, 5.41) is 2.88. The molecule has 1 amide bonds. The number of rotatable bonds is 5. The van der Waals surface area contributed by atoms with Crippen molar-refractivity contribution >= 4 is 11.6 Å². The lowest BCUT2D eigenvalue weighted by Gasteiger charge is -2.36. The van der Waals surface area contributed by atoms with E-state index in [-0.39, 0.29) is 11.9 Å². The minimum atomic E-state index is -0.550. The summed E-state index contributed by atoms with van der Waals surface area (Å²) < 4.78 is 27.0. The van der Waals surface area contributed by atoms with Crippen LogP contribution in [0.25, 0.3) is 0 Å². The van der Waals surface area contributed by atoms with Crippen LogP contribution in [0.15, 0.2) is 42.5 Å². The summed E-state index contributed by atoms with van der Waals surface area (Å²) in [6.45, 7) is 7.36. The van der Waals surface area contributed by atoms with Gasteiger partial charge in [0.2, 0.25) is 5.91 Å². The summed E-state index contributed by atoms with van der Waals surface area (Å²) in [5.74, 6) is -1.10. The lowest BCUT2D eigenvalue weighted by molar-refractivity contribution is -0.119. The van der Waals surface area contributed by atoms with E-state index in [2.05, 4.69) is 22.3 Å². The molecule has 3 rings (SSSR count). The highest BCUT2D eigenvalue weighted by Crippen LogP contribution is 2.22. The van der Waals surface area contributed by atoms with Crippen LogP contribution in [0.3, 0.4) is 0 Å². The largest absolute Gasteiger partial charge is 0.367 e. The molecule has 2 aromatic carbocycles. The first kappa shape index (κ1) is 19.3. The van der Waals surface area contributed by atoms with Crippen LogP contribution in [0.1, 0.15) is 31.0 Å². The summed E-state index contributed by atoms with van der Waals surface area (Å²) in [7, 11) is 0. The molecule has 1 aliphatic heterocycles. The van der Waals surface area contributed by atoms with E-state index in [1.54, 1.807) is 0 Å². The predicted octanol–water partition coefficient (Wildman–Crippen LogP) is 3.48. The van der Waals surface area contributed by atoms with Gasteiger partial charge in [0.25, 0.3) is 0 Å². The zero-order chi connectivity index (χ0) is 19.4. The Morgan fingerprint density at radius 1 is 1.07 bits per heavy atom. The van der Waals surface area contributed by atoms with Crippen LogP contribution in [0.4, 0.5) is 14.5 Å². The van der Waals surface area contributed by atoms with Crippen molar-refractivity contribution in [2.75, 3.05) is 31.1 Å². The van der Waals surface area contributed by atoms with Gasteiger partial charge in [0.05, 0.1) is 11.7 Å². The van der Waals surface area contributed by atoms with Gasteiger partial charge in [-0.1, -0.05) is 24.3 Å². The quantitative estimate of drug-likeness (QED) is 0.872. The second-order valence-corrected chi connectivity index (χ2v) is 7.02. The third-order valence-electron chi connectivity index (χ3n) is 4.93. The van der Waals surface area contributed by atoms with E-state index >= 15 is 0 Å². The van der Waals surface area contributed by atoms with E-state index in [1.165, 1.54) is 24.6 Å². The number of carbonyl (C=O) groups is 1. The van der Waals surface area contributed by atoms with Crippen molar-refractivity contribution in [3.05, 3.63) is 65.2 Å². The molecular formula is C21H25F2N3O.